The monoisotopic (exact) mass is 257 g/mol. The van der Waals surface area contributed by atoms with Gasteiger partial charge in [-0.2, -0.15) is 0 Å². The molecule has 102 valence electrons. The summed E-state index contributed by atoms with van der Waals surface area (Å²) in [6, 6.07) is 5.29. The summed E-state index contributed by atoms with van der Waals surface area (Å²) in [5.41, 5.74) is 5.08. The van der Waals surface area contributed by atoms with Crippen LogP contribution in [0, 0.1) is 13.8 Å². The molecule has 0 bridgehead atoms. The van der Waals surface area contributed by atoms with Crippen LogP contribution in [0.1, 0.15) is 36.8 Å². The standard InChI is InChI=1S/C16H23N3/c1-12-9-15-16(10-13(12)2)19(11-18-15)8-4-3-7-17-14-5-6-14/h9-11,14,17H,3-8H2,1-2H3. The molecule has 19 heavy (non-hydrogen) atoms. The Balaban J connectivity index is 1.59. The Morgan fingerprint density at radius 2 is 2.00 bits per heavy atom. The Morgan fingerprint density at radius 3 is 2.79 bits per heavy atom. The zero-order valence-electron chi connectivity index (χ0n) is 11.9. The summed E-state index contributed by atoms with van der Waals surface area (Å²) in [7, 11) is 0. The Labute approximate surface area is 115 Å². The number of imidazole rings is 1. The Bertz CT molecular complexity index is 567. The van der Waals surface area contributed by atoms with E-state index in [0.29, 0.717) is 0 Å². The van der Waals surface area contributed by atoms with Crippen LogP contribution >= 0.6 is 0 Å². The summed E-state index contributed by atoms with van der Waals surface area (Å²) in [6.45, 7) is 6.56. The van der Waals surface area contributed by atoms with Crippen LogP contribution in [0.5, 0.6) is 0 Å². The van der Waals surface area contributed by atoms with Crippen molar-refractivity contribution in [1.29, 1.82) is 0 Å². The number of rotatable bonds is 6. The molecule has 1 aliphatic rings. The van der Waals surface area contributed by atoms with Crippen LogP contribution in [0.15, 0.2) is 18.5 Å². The van der Waals surface area contributed by atoms with Gasteiger partial charge in [0.2, 0.25) is 0 Å². The fourth-order valence-corrected chi connectivity index (χ4v) is 2.49. The smallest absolute Gasteiger partial charge is 0.0958 e. The Kier molecular flexibility index (Phi) is 3.56. The zero-order valence-corrected chi connectivity index (χ0v) is 11.9. The number of nitrogens with zero attached hydrogens (tertiary/aromatic N) is 2. The Morgan fingerprint density at radius 1 is 1.21 bits per heavy atom. The van der Waals surface area contributed by atoms with E-state index >= 15 is 0 Å². The van der Waals surface area contributed by atoms with Gasteiger partial charge < -0.3 is 9.88 Å². The first-order valence-electron chi connectivity index (χ1n) is 7.39. The first kappa shape index (κ1) is 12.7. The fraction of sp³-hybridized carbons (Fsp3) is 0.562. The second-order valence-electron chi connectivity index (χ2n) is 5.80. The third-order valence-corrected chi connectivity index (χ3v) is 4.07. The van der Waals surface area contributed by atoms with Crippen LogP contribution in [0.2, 0.25) is 0 Å². The molecule has 0 aliphatic heterocycles. The van der Waals surface area contributed by atoms with E-state index < -0.39 is 0 Å². The molecule has 0 radical (unpaired) electrons. The molecule has 1 heterocycles. The molecule has 0 atom stereocenters. The number of hydrogen-bond donors (Lipinski definition) is 1. The highest BCUT2D eigenvalue weighted by molar-refractivity contribution is 5.77. The SMILES string of the molecule is Cc1cc2ncn(CCCCNC3CC3)c2cc1C. The van der Waals surface area contributed by atoms with Gasteiger partial charge in [0, 0.05) is 12.6 Å². The summed E-state index contributed by atoms with van der Waals surface area (Å²) >= 11 is 0. The van der Waals surface area contributed by atoms with Crippen LogP contribution < -0.4 is 5.32 Å². The molecule has 0 spiro atoms. The summed E-state index contributed by atoms with van der Waals surface area (Å²) in [6.07, 6.45) is 7.21. The highest BCUT2D eigenvalue weighted by atomic mass is 15.0. The largest absolute Gasteiger partial charge is 0.331 e. The molecule has 0 amide bonds. The lowest BCUT2D eigenvalue weighted by Crippen LogP contribution is -2.17. The van der Waals surface area contributed by atoms with E-state index in [1.54, 1.807) is 0 Å². The minimum Gasteiger partial charge on any atom is -0.331 e. The average molecular weight is 257 g/mol. The predicted octanol–water partition coefficient (Wildman–Crippen LogP) is 3.19. The lowest BCUT2D eigenvalue weighted by molar-refractivity contribution is 0.573. The van der Waals surface area contributed by atoms with Crippen LogP contribution in [0.4, 0.5) is 0 Å². The van der Waals surface area contributed by atoms with Crippen molar-refractivity contribution in [2.75, 3.05) is 6.54 Å². The average Bonchev–Trinajstić information content (AvgIpc) is 3.14. The van der Waals surface area contributed by atoms with Gasteiger partial charge in [0.15, 0.2) is 0 Å². The molecule has 0 saturated heterocycles. The topological polar surface area (TPSA) is 29.9 Å². The third-order valence-electron chi connectivity index (χ3n) is 4.07. The van der Waals surface area contributed by atoms with Crippen molar-refractivity contribution in [3.63, 3.8) is 0 Å². The zero-order chi connectivity index (χ0) is 13.2. The first-order chi connectivity index (χ1) is 9.24. The highest BCUT2D eigenvalue weighted by Crippen LogP contribution is 2.19. The maximum atomic E-state index is 4.51. The summed E-state index contributed by atoms with van der Waals surface area (Å²) in [5, 5.41) is 3.57. The first-order valence-corrected chi connectivity index (χ1v) is 7.39. The normalized spacial score (nSPS) is 15.3. The van der Waals surface area contributed by atoms with E-state index in [1.165, 1.54) is 42.3 Å². The van der Waals surface area contributed by atoms with Crippen molar-refractivity contribution in [3.05, 3.63) is 29.6 Å². The molecule has 1 fully saturated rings. The molecule has 1 aromatic carbocycles. The molecule has 1 aliphatic carbocycles. The lowest BCUT2D eigenvalue weighted by atomic mass is 10.1. The van der Waals surface area contributed by atoms with Crippen molar-refractivity contribution in [2.24, 2.45) is 0 Å². The molecular formula is C16H23N3. The van der Waals surface area contributed by atoms with Crippen LogP contribution in [0.3, 0.4) is 0 Å². The second kappa shape index (κ2) is 5.33. The maximum absolute atomic E-state index is 4.51. The van der Waals surface area contributed by atoms with E-state index in [1.807, 2.05) is 6.33 Å². The molecule has 3 rings (SSSR count). The van der Waals surface area contributed by atoms with Gasteiger partial charge in [0.1, 0.15) is 0 Å². The number of benzene rings is 1. The minimum atomic E-state index is 0.833. The summed E-state index contributed by atoms with van der Waals surface area (Å²) in [4.78, 5) is 4.51. The molecule has 3 heteroatoms. The van der Waals surface area contributed by atoms with Crippen molar-refractivity contribution in [3.8, 4) is 0 Å². The van der Waals surface area contributed by atoms with Gasteiger partial charge >= 0.3 is 0 Å². The molecule has 1 saturated carbocycles. The van der Waals surface area contributed by atoms with Gasteiger partial charge in [-0.3, -0.25) is 0 Å². The van der Waals surface area contributed by atoms with Crippen LogP contribution in [-0.2, 0) is 6.54 Å². The van der Waals surface area contributed by atoms with Gasteiger partial charge in [-0.15, -0.1) is 0 Å². The highest BCUT2D eigenvalue weighted by Gasteiger charge is 2.19. The maximum Gasteiger partial charge on any atom is 0.0958 e. The van der Waals surface area contributed by atoms with Gasteiger partial charge in [0.05, 0.1) is 17.4 Å². The minimum absolute atomic E-state index is 0.833. The van der Waals surface area contributed by atoms with Crippen molar-refractivity contribution in [1.82, 2.24) is 14.9 Å². The number of nitrogens with one attached hydrogen (secondary N) is 1. The fourth-order valence-electron chi connectivity index (χ4n) is 2.49. The van der Waals surface area contributed by atoms with Gasteiger partial charge in [-0.1, -0.05) is 0 Å². The van der Waals surface area contributed by atoms with Crippen LogP contribution in [0.25, 0.3) is 11.0 Å². The third kappa shape index (κ3) is 2.98. The number of fused-ring (bicyclic) bond motifs is 1. The second-order valence-corrected chi connectivity index (χ2v) is 5.80. The summed E-state index contributed by atoms with van der Waals surface area (Å²) in [5.74, 6) is 0. The van der Waals surface area contributed by atoms with Gasteiger partial charge in [-0.05, 0) is 69.3 Å². The van der Waals surface area contributed by atoms with Crippen molar-refractivity contribution >= 4 is 11.0 Å². The molecule has 1 aromatic heterocycles. The van der Waals surface area contributed by atoms with Crippen molar-refractivity contribution < 1.29 is 0 Å². The van der Waals surface area contributed by atoms with E-state index in [4.69, 9.17) is 0 Å². The van der Waals surface area contributed by atoms with E-state index in [2.05, 4.69) is 40.8 Å². The number of hydrogen-bond acceptors (Lipinski definition) is 2. The molecule has 2 aromatic rings. The van der Waals surface area contributed by atoms with Gasteiger partial charge in [0.25, 0.3) is 0 Å². The van der Waals surface area contributed by atoms with E-state index in [-0.39, 0.29) is 0 Å². The summed E-state index contributed by atoms with van der Waals surface area (Å²) < 4.78 is 2.29. The van der Waals surface area contributed by atoms with E-state index in [9.17, 15) is 0 Å². The number of unbranched alkanes of at least 4 members (excludes halogenated alkanes) is 1. The van der Waals surface area contributed by atoms with Gasteiger partial charge in [-0.25, -0.2) is 4.98 Å². The van der Waals surface area contributed by atoms with Crippen molar-refractivity contribution in [2.45, 2.75) is 52.1 Å². The molecule has 1 N–H and O–H groups in total. The Hall–Kier alpha value is -1.35. The number of aryl methyl sites for hydroxylation is 3. The molecule has 0 unspecified atom stereocenters. The predicted molar refractivity (Wildman–Crippen MR) is 79.5 cm³/mol. The molecule has 3 nitrogen and oxygen atoms in total. The van der Waals surface area contributed by atoms with Crippen LogP contribution in [-0.4, -0.2) is 22.1 Å². The quantitative estimate of drug-likeness (QED) is 0.805. The molecular weight excluding hydrogens is 234 g/mol. The number of aromatic nitrogens is 2. The van der Waals surface area contributed by atoms with E-state index in [0.717, 1.165) is 24.6 Å². The lowest BCUT2D eigenvalue weighted by Gasteiger charge is -2.06.